The van der Waals surface area contributed by atoms with Crippen molar-refractivity contribution in [2.24, 2.45) is 0 Å². The highest BCUT2D eigenvalue weighted by molar-refractivity contribution is 5.78. The number of likely N-dealkylation sites (N-methyl/N-ethyl adjacent to an activating group) is 1. The van der Waals surface area contributed by atoms with Gasteiger partial charge in [-0.2, -0.15) is 0 Å². The number of amides is 1. The van der Waals surface area contributed by atoms with E-state index < -0.39 is 0 Å². The molecule has 4 heteroatoms. The van der Waals surface area contributed by atoms with E-state index >= 15 is 0 Å². The summed E-state index contributed by atoms with van der Waals surface area (Å²) in [6, 6.07) is 8.36. The lowest BCUT2D eigenvalue weighted by atomic mass is 10.1. The fourth-order valence-corrected chi connectivity index (χ4v) is 3.05. The molecule has 1 saturated carbocycles. The lowest BCUT2D eigenvalue weighted by Gasteiger charge is -2.26. The number of hydrogen-bond donors (Lipinski definition) is 1. The Kier molecular flexibility index (Phi) is 6.72. The zero-order valence-corrected chi connectivity index (χ0v) is 13.8. The molecule has 1 aliphatic carbocycles. The van der Waals surface area contributed by atoms with Crippen LogP contribution >= 0.6 is 0 Å². The van der Waals surface area contributed by atoms with E-state index in [2.05, 4.69) is 17.3 Å². The summed E-state index contributed by atoms with van der Waals surface area (Å²) in [5.74, 6) is 0.936. The van der Waals surface area contributed by atoms with Crippen LogP contribution in [0, 0.1) is 0 Å². The Hall–Kier alpha value is -1.55. The second kappa shape index (κ2) is 8.79. The first kappa shape index (κ1) is 16.8. The molecule has 1 N–H and O–H groups in total. The smallest absolute Gasteiger partial charge is 0.234 e. The molecule has 1 aliphatic rings. The average molecular weight is 304 g/mol. The molecule has 122 valence electrons. The molecule has 2 rings (SSSR count). The Bertz CT molecular complexity index is 451. The van der Waals surface area contributed by atoms with Gasteiger partial charge in [-0.3, -0.25) is 9.69 Å². The second-order valence-electron chi connectivity index (χ2n) is 6.19. The minimum Gasteiger partial charge on any atom is -0.497 e. The van der Waals surface area contributed by atoms with Gasteiger partial charge in [-0.1, -0.05) is 37.8 Å². The fourth-order valence-electron chi connectivity index (χ4n) is 3.05. The van der Waals surface area contributed by atoms with Gasteiger partial charge >= 0.3 is 0 Å². The minimum atomic E-state index is 0.0996. The van der Waals surface area contributed by atoms with Crippen molar-refractivity contribution >= 4 is 5.91 Å². The molecule has 0 bridgehead atoms. The molecule has 0 unspecified atom stereocenters. The molecule has 1 amide bonds. The molecular weight excluding hydrogens is 276 g/mol. The molecule has 22 heavy (non-hydrogen) atoms. The maximum Gasteiger partial charge on any atom is 0.234 e. The molecular formula is C18H28N2O2. The van der Waals surface area contributed by atoms with Crippen LogP contribution in [0.5, 0.6) is 5.75 Å². The predicted octanol–water partition coefficient (Wildman–Crippen LogP) is 2.97. The molecule has 0 spiro atoms. The van der Waals surface area contributed by atoms with Gasteiger partial charge in [0.25, 0.3) is 0 Å². The molecule has 0 saturated heterocycles. The van der Waals surface area contributed by atoms with Crippen LogP contribution in [-0.2, 0) is 11.3 Å². The van der Waals surface area contributed by atoms with E-state index in [-0.39, 0.29) is 5.91 Å². The van der Waals surface area contributed by atoms with Crippen molar-refractivity contribution in [3.8, 4) is 5.75 Å². The van der Waals surface area contributed by atoms with Gasteiger partial charge in [0.05, 0.1) is 13.7 Å². The molecule has 0 radical (unpaired) electrons. The Labute approximate surface area is 133 Å². The van der Waals surface area contributed by atoms with Gasteiger partial charge in [0.15, 0.2) is 0 Å². The number of benzene rings is 1. The van der Waals surface area contributed by atoms with Crippen LogP contribution in [0.3, 0.4) is 0 Å². The maximum atomic E-state index is 12.1. The van der Waals surface area contributed by atoms with Crippen LogP contribution in [0.4, 0.5) is 0 Å². The molecule has 4 nitrogen and oxygen atoms in total. The number of rotatable bonds is 6. The quantitative estimate of drug-likeness (QED) is 0.822. The first-order valence-corrected chi connectivity index (χ1v) is 8.29. The largest absolute Gasteiger partial charge is 0.497 e. The van der Waals surface area contributed by atoms with Gasteiger partial charge in [-0.25, -0.2) is 0 Å². The number of carbonyl (C=O) groups excluding carboxylic acids is 1. The standard InChI is InChI=1S/C18H28N2O2/c1-20(16-7-5-3-4-6-8-16)14-18(21)19-13-15-9-11-17(22-2)12-10-15/h9-12,16H,3-8,13-14H2,1-2H3,(H,19,21). The van der Waals surface area contributed by atoms with E-state index in [1.165, 1.54) is 38.5 Å². The highest BCUT2D eigenvalue weighted by Gasteiger charge is 2.18. The van der Waals surface area contributed by atoms with Crippen molar-refractivity contribution in [2.75, 3.05) is 20.7 Å². The van der Waals surface area contributed by atoms with Crippen molar-refractivity contribution in [2.45, 2.75) is 51.1 Å². The summed E-state index contributed by atoms with van der Waals surface area (Å²) >= 11 is 0. The normalized spacial score (nSPS) is 16.3. The number of nitrogens with one attached hydrogen (secondary N) is 1. The number of nitrogens with zero attached hydrogens (tertiary/aromatic N) is 1. The fraction of sp³-hybridized carbons (Fsp3) is 0.611. The minimum absolute atomic E-state index is 0.0996. The van der Waals surface area contributed by atoms with Gasteiger partial charge in [-0.05, 0) is 37.6 Å². The van der Waals surface area contributed by atoms with E-state index in [0.717, 1.165) is 11.3 Å². The number of ether oxygens (including phenoxy) is 1. The van der Waals surface area contributed by atoms with Crippen LogP contribution in [0.25, 0.3) is 0 Å². The highest BCUT2D eigenvalue weighted by atomic mass is 16.5. The van der Waals surface area contributed by atoms with Crippen LogP contribution < -0.4 is 10.1 Å². The van der Waals surface area contributed by atoms with Crippen LogP contribution in [0.1, 0.15) is 44.1 Å². The molecule has 1 aromatic rings. The van der Waals surface area contributed by atoms with E-state index in [9.17, 15) is 4.79 Å². The Balaban J connectivity index is 1.74. The van der Waals surface area contributed by atoms with Crippen molar-refractivity contribution in [3.05, 3.63) is 29.8 Å². The third-order valence-corrected chi connectivity index (χ3v) is 4.49. The van der Waals surface area contributed by atoms with E-state index in [4.69, 9.17) is 4.74 Å². The summed E-state index contributed by atoms with van der Waals surface area (Å²) in [5, 5.41) is 3.00. The first-order valence-electron chi connectivity index (χ1n) is 8.29. The van der Waals surface area contributed by atoms with Crippen molar-refractivity contribution in [1.29, 1.82) is 0 Å². The van der Waals surface area contributed by atoms with Crippen LogP contribution in [0.15, 0.2) is 24.3 Å². The number of carbonyl (C=O) groups is 1. The van der Waals surface area contributed by atoms with Crippen molar-refractivity contribution in [3.63, 3.8) is 0 Å². The van der Waals surface area contributed by atoms with Gasteiger partial charge in [-0.15, -0.1) is 0 Å². The highest BCUT2D eigenvalue weighted by Crippen LogP contribution is 2.20. The maximum absolute atomic E-state index is 12.1. The predicted molar refractivity (Wildman–Crippen MR) is 89.0 cm³/mol. The van der Waals surface area contributed by atoms with E-state index in [1.54, 1.807) is 7.11 Å². The van der Waals surface area contributed by atoms with Gasteiger partial charge in [0.1, 0.15) is 5.75 Å². The van der Waals surface area contributed by atoms with Crippen molar-refractivity contribution in [1.82, 2.24) is 10.2 Å². The summed E-state index contributed by atoms with van der Waals surface area (Å²) in [7, 11) is 3.73. The summed E-state index contributed by atoms with van der Waals surface area (Å²) in [4.78, 5) is 14.3. The van der Waals surface area contributed by atoms with Gasteiger partial charge in [0.2, 0.25) is 5.91 Å². The average Bonchev–Trinajstić information content (AvgIpc) is 2.82. The Morgan fingerprint density at radius 2 is 1.82 bits per heavy atom. The summed E-state index contributed by atoms with van der Waals surface area (Å²) in [6.45, 7) is 1.06. The van der Waals surface area contributed by atoms with Gasteiger partial charge < -0.3 is 10.1 Å². The number of methoxy groups -OCH3 is 1. The summed E-state index contributed by atoms with van der Waals surface area (Å²) in [6.07, 6.45) is 7.72. The molecule has 0 atom stereocenters. The Morgan fingerprint density at radius 1 is 1.18 bits per heavy atom. The van der Waals surface area contributed by atoms with Crippen LogP contribution in [0.2, 0.25) is 0 Å². The lowest BCUT2D eigenvalue weighted by molar-refractivity contribution is -0.122. The molecule has 1 aromatic carbocycles. The number of hydrogen-bond acceptors (Lipinski definition) is 3. The van der Waals surface area contributed by atoms with Crippen LogP contribution in [-0.4, -0.2) is 37.6 Å². The zero-order chi connectivity index (χ0) is 15.8. The first-order chi connectivity index (χ1) is 10.7. The van der Waals surface area contributed by atoms with E-state index in [0.29, 0.717) is 19.1 Å². The molecule has 0 aromatic heterocycles. The van der Waals surface area contributed by atoms with Gasteiger partial charge in [0, 0.05) is 12.6 Å². The van der Waals surface area contributed by atoms with E-state index in [1.807, 2.05) is 24.3 Å². The van der Waals surface area contributed by atoms with Crippen molar-refractivity contribution < 1.29 is 9.53 Å². The Morgan fingerprint density at radius 3 is 2.41 bits per heavy atom. The molecule has 1 fully saturated rings. The summed E-state index contributed by atoms with van der Waals surface area (Å²) in [5.41, 5.74) is 1.09. The molecule has 0 heterocycles. The third kappa shape index (κ3) is 5.34. The SMILES string of the molecule is COc1ccc(CNC(=O)CN(C)C2CCCCCC2)cc1. The summed E-state index contributed by atoms with van der Waals surface area (Å²) < 4.78 is 5.13. The zero-order valence-electron chi connectivity index (χ0n) is 13.8. The lowest BCUT2D eigenvalue weighted by Crippen LogP contribution is -2.40. The molecule has 0 aliphatic heterocycles. The third-order valence-electron chi connectivity index (χ3n) is 4.49. The monoisotopic (exact) mass is 304 g/mol. The topological polar surface area (TPSA) is 41.6 Å². The second-order valence-corrected chi connectivity index (χ2v) is 6.19.